The highest BCUT2D eigenvalue weighted by molar-refractivity contribution is 5.71. The maximum absolute atomic E-state index is 10.6. The first kappa shape index (κ1) is 28.1. The predicted octanol–water partition coefficient (Wildman–Crippen LogP) is 2.82. The number of carboxylic acids is 2. The number of rotatable bonds is 2. The first-order chi connectivity index (χ1) is 13.8. The SMILES string of the molecule is CC(=O)O.CC(=O)O.CC(=O)Oc1cccc(OC(C)=O)c1.Oc1cccc(O)c1. The third-order valence-corrected chi connectivity index (χ3v) is 2.16. The van der Waals surface area contributed by atoms with E-state index >= 15 is 0 Å². The van der Waals surface area contributed by atoms with Gasteiger partial charge in [0.15, 0.2) is 0 Å². The van der Waals surface area contributed by atoms with Crippen molar-refractivity contribution in [1.29, 1.82) is 0 Å². The van der Waals surface area contributed by atoms with Gasteiger partial charge in [0, 0.05) is 39.8 Å². The van der Waals surface area contributed by atoms with Gasteiger partial charge in [0.2, 0.25) is 0 Å². The molecule has 4 N–H and O–H groups in total. The van der Waals surface area contributed by atoms with Crippen LogP contribution in [0.25, 0.3) is 0 Å². The van der Waals surface area contributed by atoms with Crippen molar-refractivity contribution < 1.29 is 49.1 Å². The molecule has 0 saturated carbocycles. The van der Waals surface area contributed by atoms with Gasteiger partial charge in [0.25, 0.3) is 11.9 Å². The number of aliphatic carboxylic acids is 2. The van der Waals surface area contributed by atoms with Crippen LogP contribution in [0.3, 0.4) is 0 Å². The van der Waals surface area contributed by atoms with Crippen LogP contribution in [0.1, 0.15) is 27.7 Å². The number of hydrogen-bond acceptors (Lipinski definition) is 8. The molecule has 2 rings (SSSR count). The predicted molar refractivity (Wildman–Crippen MR) is 105 cm³/mol. The van der Waals surface area contributed by atoms with E-state index in [2.05, 4.69) is 0 Å². The third-order valence-electron chi connectivity index (χ3n) is 2.16. The number of aromatic hydroxyl groups is 2. The molecule has 2 aromatic rings. The summed E-state index contributed by atoms with van der Waals surface area (Å²) in [7, 11) is 0. The first-order valence-electron chi connectivity index (χ1n) is 8.17. The molecule has 30 heavy (non-hydrogen) atoms. The Balaban J connectivity index is 0. The number of ether oxygens (including phenoxy) is 2. The van der Waals surface area contributed by atoms with E-state index < -0.39 is 23.9 Å². The van der Waals surface area contributed by atoms with Crippen LogP contribution in [-0.2, 0) is 19.2 Å². The zero-order chi connectivity index (χ0) is 23.7. The van der Waals surface area contributed by atoms with E-state index in [-0.39, 0.29) is 11.5 Å². The fraction of sp³-hybridized carbons (Fsp3) is 0.200. The Bertz CT molecular complexity index is 761. The fourth-order valence-electron chi connectivity index (χ4n) is 1.43. The Morgan fingerprint density at radius 1 is 0.633 bits per heavy atom. The maximum Gasteiger partial charge on any atom is 0.308 e. The molecule has 0 aliphatic rings. The summed E-state index contributed by atoms with van der Waals surface area (Å²) in [5.41, 5.74) is 0. The molecular weight excluding hydrogens is 400 g/mol. The van der Waals surface area contributed by atoms with E-state index in [1.54, 1.807) is 24.3 Å². The van der Waals surface area contributed by atoms with Crippen molar-refractivity contribution in [1.82, 2.24) is 0 Å². The van der Waals surface area contributed by atoms with E-state index in [9.17, 15) is 9.59 Å². The van der Waals surface area contributed by atoms with Crippen molar-refractivity contribution in [2.75, 3.05) is 0 Å². The Kier molecular flexibility index (Phi) is 14.9. The summed E-state index contributed by atoms with van der Waals surface area (Å²) in [6.07, 6.45) is 0. The standard InChI is InChI=1S/C10H10O4.C6H6O2.2C2H4O2/c1-7(11)13-9-4-3-5-10(6-9)14-8(2)12;7-5-2-1-3-6(8)4-5;2*1-2(3)4/h3-6H,1-2H3;1-4,7-8H;2*1H3,(H,3,4). The van der Waals surface area contributed by atoms with Crippen LogP contribution < -0.4 is 9.47 Å². The minimum atomic E-state index is -0.833. The normalized spacial score (nSPS) is 8.40. The monoisotopic (exact) mass is 424 g/mol. The van der Waals surface area contributed by atoms with Crippen LogP contribution in [0.5, 0.6) is 23.0 Å². The van der Waals surface area contributed by atoms with Crippen molar-refractivity contribution in [3.8, 4) is 23.0 Å². The second-order valence-electron chi connectivity index (χ2n) is 5.22. The Morgan fingerprint density at radius 2 is 0.933 bits per heavy atom. The van der Waals surface area contributed by atoms with E-state index in [0.717, 1.165) is 13.8 Å². The average molecular weight is 424 g/mol. The molecule has 0 aliphatic carbocycles. The van der Waals surface area contributed by atoms with Crippen LogP contribution in [-0.4, -0.2) is 44.3 Å². The first-order valence-corrected chi connectivity index (χ1v) is 8.17. The van der Waals surface area contributed by atoms with Crippen LogP contribution in [0.2, 0.25) is 0 Å². The lowest BCUT2D eigenvalue weighted by Crippen LogP contribution is -2.03. The molecular formula is C20H24O10. The molecule has 10 nitrogen and oxygen atoms in total. The van der Waals surface area contributed by atoms with E-state index in [4.69, 9.17) is 39.5 Å². The third kappa shape index (κ3) is 22.0. The summed E-state index contributed by atoms with van der Waals surface area (Å²) in [6.45, 7) is 4.77. The summed E-state index contributed by atoms with van der Waals surface area (Å²) >= 11 is 0. The van der Waals surface area contributed by atoms with Gasteiger partial charge < -0.3 is 29.9 Å². The minimum Gasteiger partial charge on any atom is -0.508 e. The molecule has 0 bridgehead atoms. The summed E-state index contributed by atoms with van der Waals surface area (Å²) in [5.74, 6) is -1.60. The van der Waals surface area contributed by atoms with Crippen LogP contribution in [0.4, 0.5) is 0 Å². The number of carboxylic acid groups (broad SMARTS) is 2. The molecule has 10 heteroatoms. The number of hydrogen-bond donors (Lipinski definition) is 4. The number of phenols is 2. The van der Waals surface area contributed by atoms with E-state index in [1.165, 1.54) is 38.1 Å². The van der Waals surface area contributed by atoms with Crippen molar-refractivity contribution in [3.63, 3.8) is 0 Å². The highest BCUT2D eigenvalue weighted by atomic mass is 16.5. The van der Waals surface area contributed by atoms with Gasteiger partial charge in [0.1, 0.15) is 23.0 Å². The van der Waals surface area contributed by atoms with Gasteiger partial charge in [-0.15, -0.1) is 0 Å². The van der Waals surface area contributed by atoms with Gasteiger partial charge in [-0.25, -0.2) is 0 Å². The van der Waals surface area contributed by atoms with Gasteiger partial charge >= 0.3 is 11.9 Å². The second-order valence-corrected chi connectivity index (χ2v) is 5.22. The van der Waals surface area contributed by atoms with Gasteiger partial charge in [-0.2, -0.15) is 0 Å². The lowest BCUT2D eigenvalue weighted by atomic mass is 10.3. The lowest BCUT2D eigenvalue weighted by molar-refractivity contribution is -0.135. The Hall–Kier alpha value is -4.08. The van der Waals surface area contributed by atoms with Gasteiger partial charge in [-0.1, -0.05) is 12.1 Å². The zero-order valence-corrected chi connectivity index (χ0v) is 16.9. The Labute approximate surface area is 172 Å². The molecule has 0 radical (unpaired) electrons. The van der Waals surface area contributed by atoms with E-state index in [0.29, 0.717) is 11.5 Å². The van der Waals surface area contributed by atoms with Crippen molar-refractivity contribution >= 4 is 23.9 Å². The van der Waals surface area contributed by atoms with Crippen LogP contribution >= 0.6 is 0 Å². The summed E-state index contributed by atoms with van der Waals surface area (Å²) in [5, 5.41) is 32.1. The molecule has 0 heterocycles. The zero-order valence-electron chi connectivity index (χ0n) is 16.9. The molecule has 0 spiro atoms. The molecule has 0 amide bonds. The summed E-state index contributed by atoms with van der Waals surface area (Å²) in [4.78, 5) is 39.2. The van der Waals surface area contributed by atoms with Crippen LogP contribution in [0.15, 0.2) is 48.5 Å². The smallest absolute Gasteiger partial charge is 0.308 e. The van der Waals surface area contributed by atoms with Crippen molar-refractivity contribution in [2.45, 2.75) is 27.7 Å². The number of carbonyl (C=O) groups is 4. The number of benzene rings is 2. The summed E-state index contributed by atoms with van der Waals surface area (Å²) < 4.78 is 9.61. The summed E-state index contributed by atoms with van der Waals surface area (Å²) in [6, 6.07) is 12.2. The molecule has 0 saturated heterocycles. The van der Waals surface area contributed by atoms with E-state index in [1.807, 2.05) is 0 Å². The average Bonchev–Trinajstić information content (AvgIpc) is 2.53. The quantitative estimate of drug-likeness (QED) is 0.415. The molecule has 0 aromatic heterocycles. The molecule has 0 fully saturated rings. The molecule has 164 valence electrons. The maximum atomic E-state index is 10.6. The Morgan fingerprint density at radius 3 is 1.17 bits per heavy atom. The topological polar surface area (TPSA) is 168 Å². The number of esters is 2. The van der Waals surface area contributed by atoms with Gasteiger partial charge in [0.05, 0.1) is 0 Å². The van der Waals surface area contributed by atoms with Gasteiger partial charge in [-0.05, 0) is 24.3 Å². The largest absolute Gasteiger partial charge is 0.508 e. The molecule has 0 aliphatic heterocycles. The fourth-order valence-corrected chi connectivity index (χ4v) is 1.43. The molecule has 0 unspecified atom stereocenters. The molecule has 2 aromatic carbocycles. The highest BCUT2D eigenvalue weighted by Crippen LogP contribution is 2.19. The lowest BCUT2D eigenvalue weighted by Gasteiger charge is -2.03. The van der Waals surface area contributed by atoms with Crippen LogP contribution in [0, 0.1) is 0 Å². The van der Waals surface area contributed by atoms with Crippen molar-refractivity contribution in [2.24, 2.45) is 0 Å². The van der Waals surface area contributed by atoms with Crippen molar-refractivity contribution in [3.05, 3.63) is 48.5 Å². The minimum absolute atomic E-state index is 0.0880. The van der Waals surface area contributed by atoms with Gasteiger partial charge in [-0.3, -0.25) is 19.2 Å². The number of phenolic OH excluding ortho intramolecular Hbond substituents is 2. The second kappa shape index (κ2) is 15.9. The molecule has 0 atom stereocenters. The number of carbonyl (C=O) groups excluding carboxylic acids is 2. The highest BCUT2D eigenvalue weighted by Gasteiger charge is 2.02.